The fraction of sp³-hybridized carbons (Fsp3) is 0.350. The number of hydrogen-bond donors (Lipinski definition) is 1. The molecule has 0 spiro atoms. The van der Waals surface area contributed by atoms with Crippen molar-refractivity contribution < 1.29 is 4.79 Å². The minimum atomic E-state index is -0.211. The molecule has 134 valence electrons. The van der Waals surface area contributed by atoms with Gasteiger partial charge in [0.1, 0.15) is 5.71 Å². The highest BCUT2D eigenvalue weighted by molar-refractivity contribution is 6.38. The number of carbonyl (C=O) groups is 1. The van der Waals surface area contributed by atoms with E-state index >= 15 is 0 Å². The summed E-state index contributed by atoms with van der Waals surface area (Å²) in [5, 5.41) is 12.9. The molecule has 0 radical (unpaired) electrons. The van der Waals surface area contributed by atoms with Gasteiger partial charge in [0.25, 0.3) is 5.91 Å². The lowest BCUT2D eigenvalue weighted by molar-refractivity contribution is -0.115. The van der Waals surface area contributed by atoms with Crippen molar-refractivity contribution in [3.05, 3.63) is 53.6 Å². The van der Waals surface area contributed by atoms with Gasteiger partial charge in [0.15, 0.2) is 6.19 Å². The van der Waals surface area contributed by atoms with Gasteiger partial charge in [-0.05, 0) is 44.4 Å². The molecule has 0 saturated carbocycles. The SMILES string of the molecule is C=C/C=C(\N=C(/C)C(=O)N[C@@H]1C[C@@H]2CC[C@H]1N2C#N)c1cccc(Cl)c1. The molecule has 1 amide bonds. The van der Waals surface area contributed by atoms with Gasteiger partial charge in [-0.2, -0.15) is 5.26 Å². The first-order chi connectivity index (χ1) is 12.5. The predicted octanol–water partition coefficient (Wildman–Crippen LogP) is 3.53. The average molecular weight is 369 g/mol. The van der Waals surface area contributed by atoms with Crippen LogP contribution in [0.25, 0.3) is 5.70 Å². The summed E-state index contributed by atoms with van der Waals surface area (Å²) in [7, 11) is 0. The lowest BCUT2D eigenvalue weighted by atomic mass is 9.95. The van der Waals surface area contributed by atoms with Crippen molar-refractivity contribution in [1.29, 1.82) is 5.26 Å². The number of halogens is 1. The predicted molar refractivity (Wildman–Crippen MR) is 104 cm³/mol. The van der Waals surface area contributed by atoms with Gasteiger partial charge in [-0.15, -0.1) is 0 Å². The molecular weight excluding hydrogens is 348 g/mol. The Labute approximate surface area is 158 Å². The van der Waals surface area contributed by atoms with Crippen LogP contribution in [-0.4, -0.2) is 34.6 Å². The zero-order valence-electron chi connectivity index (χ0n) is 14.7. The van der Waals surface area contributed by atoms with Crippen LogP contribution in [0.1, 0.15) is 31.7 Å². The molecule has 0 aliphatic carbocycles. The van der Waals surface area contributed by atoms with Crippen LogP contribution in [0.15, 0.2) is 48.0 Å². The standard InChI is InChI=1S/C20H21ClN4O/c1-3-5-17(14-6-4-7-15(21)10-14)23-13(2)20(26)24-18-11-16-8-9-19(18)25(16)12-22/h3-7,10,16,18-19H,1,8-9,11H2,2H3,(H,24,26)/b17-5-,23-13+/t16-,18+,19+/m0/s1. The van der Waals surface area contributed by atoms with E-state index in [0.717, 1.165) is 24.8 Å². The number of hydrogen-bond acceptors (Lipinski definition) is 4. The van der Waals surface area contributed by atoms with Crippen LogP contribution in [0, 0.1) is 11.5 Å². The molecular formula is C20H21ClN4O. The Hall–Kier alpha value is -2.58. The van der Waals surface area contributed by atoms with Crippen LogP contribution in [0.2, 0.25) is 5.02 Å². The highest BCUT2D eigenvalue weighted by atomic mass is 35.5. The highest BCUT2D eigenvalue weighted by Gasteiger charge is 2.46. The molecule has 3 atom stereocenters. The molecule has 5 nitrogen and oxygen atoms in total. The smallest absolute Gasteiger partial charge is 0.265 e. The number of amides is 1. The number of rotatable bonds is 5. The monoisotopic (exact) mass is 368 g/mol. The first-order valence-corrected chi connectivity index (χ1v) is 9.04. The second-order valence-corrected chi connectivity index (χ2v) is 7.05. The molecule has 2 aliphatic heterocycles. The van der Waals surface area contributed by atoms with E-state index in [1.54, 1.807) is 31.2 Å². The van der Waals surface area contributed by atoms with E-state index in [9.17, 15) is 10.1 Å². The number of nitrogens with zero attached hydrogens (tertiary/aromatic N) is 3. The number of aliphatic imine (C=N–C) groups is 1. The van der Waals surface area contributed by atoms with Crippen molar-refractivity contribution in [3.63, 3.8) is 0 Å². The van der Waals surface area contributed by atoms with E-state index in [1.807, 2.05) is 17.0 Å². The van der Waals surface area contributed by atoms with Gasteiger partial charge in [0, 0.05) is 16.6 Å². The maximum atomic E-state index is 12.6. The van der Waals surface area contributed by atoms with Crippen molar-refractivity contribution in [2.75, 3.05) is 0 Å². The van der Waals surface area contributed by atoms with E-state index in [1.165, 1.54) is 0 Å². The largest absolute Gasteiger partial charge is 0.346 e. The normalized spacial score (nSPS) is 25.1. The third-order valence-corrected chi connectivity index (χ3v) is 5.22. The topological polar surface area (TPSA) is 68.5 Å². The third-order valence-electron chi connectivity index (χ3n) is 4.98. The number of carbonyl (C=O) groups excluding carboxylic acids is 1. The zero-order chi connectivity index (χ0) is 18.7. The fourth-order valence-corrected chi connectivity index (χ4v) is 3.95. The molecule has 6 heteroatoms. The van der Waals surface area contributed by atoms with Crippen molar-refractivity contribution in [1.82, 2.24) is 10.2 Å². The first-order valence-electron chi connectivity index (χ1n) is 8.66. The van der Waals surface area contributed by atoms with Crippen molar-refractivity contribution in [2.24, 2.45) is 4.99 Å². The Bertz CT molecular complexity index is 823. The summed E-state index contributed by atoms with van der Waals surface area (Å²) in [4.78, 5) is 18.9. The Balaban J connectivity index is 1.74. The maximum absolute atomic E-state index is 12.6. The fourth-order valence-electron chi connectivity index (χ4n) is 3.76. The minimum Gasteiger partial charge on any atom is -0.346 e. The molecule has 2 aliphatic rings. The van der Waals surface area contributed by atoms with Crippen LogP contribution in [-0.2, 0) is 4.79 Å². The average Bonchev–Trinajstić information content (AvgIpc) is 3.17. The third kappa shape index (κ3) is 3.66. The van der Waals surface area contributed by atoms with E-state index in [-0.39, 0.29) is 24.0 Å². The van der Waals surface area contributed by atoms with Crippen LogP contribution < -0.4 is 5.32 Å². The molecule has 1 aromatic rings. The second-order valence-electron chi connectivity index (χ2n) is 6.62. The summed E-state index contributed by atoms with van der Waals surface area (Å²) in [5.74, 6) is -0.211. The van der Waals surface area contributed by atoms with E-state index < -0.39 is 0 Å². The van der Waals surface area contributed by atoms with Gasteiger partial charge < -0.3 is 10.2 Å². The summed E-state index contributed by atoms with van der Waals surface area (Å²) in [6.07, 6.45) is 8.43. The summed E-state index contributed by atoms with van der Waals surface area (Å²) in [6, 6.07) is 7.68. The Morgan fingerprint density at radius 1 is 1.50 bits per heavy atom. The number of nitrogens with one attached hydrogen (secondary N) is 1. The lowest BCUT2D eigenvalue weighted by Crippen LogP contribution is -2.45. The minimum absolute atomic E-state index is 0.00375. The van der Waals surface area contributed by atoms with Gasteiger partial charge in [-0.1, -0.05) is 36.4 Å². The van der Waals surface area contributed by atoms with E-state index in [0.29, 0.717) is 16.4 Å². The number of benzene rings is 1. The quantitative estimate of drug-likeness (QED) is 0.491. The molecule has 0 aromatic heterocycles. The molecule has 2 fully saturated rings. The van der Waals surface area contributed by atoms with Gasteiger partial charge >= 0.3 is 0 Å². The lowest BCUT2D eigenvalue weighted by Gasteiger charge is -2.21. The molecule has 2 saturated heterocycles. The zero-order valence-corrected chi connectivity index (χ0v) is 15.4. The van der Waals surface area contributed by atoms with Gasteiger partial charge in [-0.3, -0.25) is 4.79 Å². The highest BCUT2D eigenvalue weighted by Crippen LogP contribution is 2.36. The van der Waals surface area contributed by atoms with Crippen molar-refractivity contribution >= 4 is 28.9 Å². The molecule has 0 unspecified atom stereocenters. The number of fused-ring (bicyclic) bond motifs is 2. The summed E-state index contributed by atoms with van der Waals surface area (Å²) in [6.45, 7) is 5.40. The van der Waals surface area contributed by atoms with Crippen LogP contribution in [0.3, 0.4) is 0 Å². The molecule has 2 heterocycles. The summed E-state index contributed by atoms with van der Waals surface area (Å²) in [5.41, 5.74) is 1.81. The molecule has 1 N–H and O–H groups in total. The van der Waals surface area contributed by atoms with Gasteiger partial charge in [-0.25, -0.2) is 4.99 Å². The van der Waals surface area contributed by atoms with Gasteiger partial charge in [0.05, 0.1) is 17.8 Å². The second kappa shape index (κ2) is 7.76. The summed E-state index contributed by atoms with van der Waals surface area (Å²) >= 11 is 6.05. The summed E-state index contributed by atoms with van der Waals surface area (Å²) < 4.78 is 0. The Morgan fingerprint density at radius 3 is 2.96 bits per heavy atom. The van der Waals surface area contributed by atoms with Crippen LogP contribution in [0.4, 0.5) is 0 Å². The molecule has 26 heavy (non-hydrogen) atoms. The van der Waals surface area contributed by atoms with Crippen molar-refractivity contribution in [3.8, 4) is 6.19 Å². The molecule has 2 bridgehead atoms. The van der Waals surface area contributed by atoms with E-state index in [2.05, 4.69) is 23.1 Å². The number of allylic oxidation sites excluding steroid dienone is 2. The number of nitriles is 1. The Kier molecular flexibility index (Phi) is 5.43. The van der Waals surface area contributed by atoms with Crippen molar-refractivity contribution in [2.45, 2.75) is 44.3 Å². The molecule has 1 aromatic carbocycles. The first kappa shape index (κ1) is 18.2. The van der Waals surface area contributed by atoms with Gasteiger partial charge in [0.2, 0.25) is 0 Å². The molecule has 3 rings (SSSR count). The van der Waals surface area contributed by atoms with E-state index in [4.69, 9.17) is 11.6 Å². The van der Waals surface area contributed by atoms with Crippen LogP contribution >= 0.6 is 11.6 Å². The van der Waals surface area contributed by atoms with Crippen LogP contribution in [0.5, 0.6) is 0 Å². The Morgan fingerprint density at radius 2 is 2.31 bits per heavy atom. The maximum Gasteiger partial charge on any atom is 0.265 e.